The normalized spacial score (nSPS) is 11.4. The van der Waals surface area contributed by atoms with Crippen molar-refractivity contribution in [2.24, 2.45) is 0 Å². The number of carbonyl (C=O) groups is 1. The molecular formula is C14H22N2O2S. The fraction of sp³-hybridized carbons (Fsp3) is 0.571. The van der Waals surface area contributed by atoms with E-state index in [1.54, 1.807) is 11.8 Å². The Hall–Kier alpha value is -1.07. The molecule has 0 aliphatic heterocycles. The lowest BCUT2D eigenvalue weighted by Gasteiger charge is -2.20. The molecule has 0 saturated carbocycles. The number of rotatable bonds is 6. The fourth-order valence-electron chi connectivity index (χ4n) is 1.31. The first-order valence-corrected chi connectivity index (χ1v) is 7.29. The maximum absolute atomic E-state index is 11.0. The molecule has 106 valence electrons. The van der Waals surface area contributed by atoms with E-state index in [0.717, 1.165) is 17.1 Å². The first-order valence-electron chi connectivity index (χ1n) is 6.30. The van der Waals surface area contributed by atoms with E-state index in [-0.39, 0.29) is 11.5 Å². The average Bonchev–Trinajstić information content (AvgIpc) is 2.36. The Labute approximate surface area is 119 Å². The van der Waals surface area contributed by atoms with Gasteiger partial charge in [-0.2, -0.15) is 0 Å². The number of hydrogen-bond acceptors (Lipinski definition) is 5. The van der Waals surface area contributed by atoms with Crippen LogP contribution in [-0.4, -0.2) is 29.4 Å². The van der Waals surface area contributed by atoms with Gasteiger partial charge in [0.25, 0.3) is 0 Å². The van der Waals surface area contributed by atoms with Crippen molar-refractivity contribution in [1.29, 1.82) is 0 Å². The highest BCUT2D eigenvalue weighted by Gasteiger charge is 2.08. The summed E-state index contributed by atoms with van der Waals surface area (Å²) in [6, 6.07) is 4.05. The van der Waals surface area contributed by atoms with Gasteiger partial charge < -0.3 is 10.1 Å². The van der Waals surface area contributed by atoms with Crippen LogP contribution in [0.1, 0.15) is 32.8 Å². The summed E-state index contributed by atoms with van der Waals surface area (Å²) in [5.74, 6) is 0.512. The monoisotopic (exact) mass is 282 g/mol. The minimum atomic E-state index is -0.182. The van der Waals surface area contributed by atoms with Crippen LogP contribution in [0.15, 0.2) is 23.4 Å². The van der Waals surface area contributed by atoms with E-state index in [4.69, 9.17) is 0 Å². The number of esters is 1. The van der Waals surface area contributed by atoms with Gasteiger partial charge in [0.1, 0.15) is 0 Å². The number of hydrogen-bond donors (Lipinski definition) is 1. The van der Waals surface area contributed by atoms with Crippen LogP contribution in [0.5, 0.6) is 0 Å². The van der Waals surface area contributed by atoms with Crippen LogP contribution < -0.4 is 5.32 Å². The summed E-state index contributed by atoms with van der Waals surface area (Å²) in [5.41, 5.74) is 1.26. The second-order valence-electron chi connectivity index (χ2n) is 5.28. The van der Waals surface area contributed by atoms with E-state index in [1.807, 2.05) is 12.3 Å². The van der Waals surface area contributed by atoms with Gasteiger partial charge in [-0.05, 0) is 32.4 Å². The Morgan fingerprint density at radius 2 is 2.16 bits per heavy atom. The molecule has 0 aliphatic rings. The van der Waals surface area contributed by atoms with E-state index >= 15 is 0 Å². The summed E-state index contributed by atoms with van der Waals surface area (Å²) in [6.07, 6.45) is 2.29. The fourth-order valence-corrected chi connectivity index (χ4v) is 2.08. The minimum absolute atomic E-state index is 0.105. The van der Waals surface area contributed by atoms with Crippen LogP contribution in [-0.2, 0) is 16.1 Å². The number of thioether (sulfide) groups is 1. The third-order valence-electron chi connectivity index (χ3n) is 2.40. The Morgan fingerprint density at radius 3 is 2.68 bits per heavy atom. The molecule has 1 rings (SSSR count). The summed E-state index contributed by atoms with van der Waals surface area (Å²) < 4.78 is 4.59. The van der Waals surface area contributed by atoms with Crippen LogP contribution in [0.4, 0.5) is 0 Å². The highest BCUT2D eigenvalue weighted by molar-refractivity contribution is 7.99. The highest BCUT2D eigenvalue weighted by atomic mass is 32.2. The van der Waals surface area contributed by atoms with Crippen LogP contribution in [0.3, 0.4) is 0 Å². The predicted octanol–water partition coefficient (Wildman–Crippen LogP) is 2.62. The topological polar surface area (TPSA) is 51.2 Å². The number of carbonyl (C=O) groups excluding carboxylic acids is 1. The molecular weight excluding hydrogens is 260 g/mol. The third-order valence-corrected chi connectivity index (χ3v) is 3.35. The van der Waals surface area contributed by atoms with Gasteiger partial charge in [0.15, 0.2) is 0 Å². The molecule has 1 heterocycles. The molecule has 4 nitrogen and oxygen atoms in total. The molecule has 0 saturated heterocycles. The molecule has 1 N–H and O–H groups in total. The minimum Gasteiger partial charge on any atom is -0.469 e. The summed E-state index contributed by atoms with van der Waals surface area (Å²) >= 11 is 1.56. The molecule has 0 unspecified atom stereocenters. The maximum Gasteiger partial charge on any atom is 0.306 e. The second-order valence-corrected chi connectivity index (χ2v) is 6.40. The molecule has 0 amide bonds. The van der Waals surface area contributed by atoms with Crippen molar-refractivity contribution in [3.05, 3.63) is 23.9 Å². The van der Waals surface area contributed by atoms with E-state index in [9.17, 15) is 4.79 Å². The van der Waals surface area contributed by atoms with E-state index in [1.165, 1.54) is 7.11 Å². The van der Waals surface area contributed by atoms with Crippen molar-refractivity contribution in [3.63, 3.8) is 0 Å². The standard InChI is InChI=1S/C14H22N2O2S/c1-14(2,3)16-10-11-5-6-12(15-9-11)19-8-7-13(17)18-4/h5-6,9,16H,7-8,10H2,1-4H3. The van der Waals surface area contributed by atoms with Crippen molar-refractivity contribution in [3.8, 4) is 0 Å². The average molecular weight is 282 g/mol. The van der Waals surface area contributed by atoms with Gasteiger partial charge in [-0.25, -0.2) is 4.98 Å². The molecule has 0 bridgehead atoms. The van der Waals surface area contributed by atoms with Gasteiger partial charge in [0, 0.05) is 24.0 Å². The van der Waals surface area contributed by atoms with Crippen molar-refractivity contribution in [1.82, 2.24) is 10.3 Å². The molecule has 0 radical (unpaired) electrons. The van der Waals surface area contributed by atoms with Crippen molar-refractivity contribution >= 4 is 17.7 Å². The van der Waals surface area contributed by atoms with Crippen LogP contribution >= 0.6 is 11.8 Å². The maximum atomic E-state index is 11.0. The SMILES string of the molecule is COC(=O)CCSc1ccc(CNC(C)(C)C)cn1. The first kappa shape index (κ1) is 16.0. The predicted molar refractivity (Wildman–Crippen MR) is 78.2 cm³/mol. The number of nitrogens with one attached hydrogen (secondary N) is 1. The molecule has 0 atom stereocenters. The van der Waals surface area contributed by atoms with Gasteiger partial charge in [-0.15, -0.1) is 11.8 Å². The summed E-state index contributed by atoms with van der Waals surface area (Å²) in [7, 11) is 1.41. The van der Waals surface area contributed by atoms with E-state index < -0.39 is 0 Å². The molecule has 0 aromatic carbocycles. The first-order chi connectivity index (χ1) is 8.90. The summed E-state index contributed by atoms with van der Waals surface area (Å²) in [5, 5.41) is 4.35. The number of nitrogens with zero attached hydrogens (tertiary/aromatic N) is 1. The highest BCUT2D eigenvalue weighted by Crippen LogP contribution is 2.16. The van der Waals surface area contributed by atoms with Crippen molar-refractivity contribution in [2.75, 3.05) is 12.9 Å². The molecule has 0 fully saturated rings. The third kappa shape index (κ3) is 7.18. The molecule has 1 aromatic rings. The van der Waals surface area contributed by atoms with Crippen LogP contribution in [0, 0.1) is 0 Å². The van der Waals surface area contributed by atoms with Crippen molar-refractivity contribution in [2.45, 2.75) is 44.3 Å². The largest absolute Gasteiger partial charge is 0.469 e. The Bertz CT molecular complexity index is 399. The Morgan fingerprint density at radius 1 is 1.42 bits per heavy atom. The zero-order valence-electron chi connectivity index (χ0n) is 12.0. The molecule has 1 aromatic heterocycles. The van der Waals surface area contributed by atoms with Gasteiger partial charge >= 0.3 is 5.97 Å². The number of methoxy groups -OCH3 is 1. The Balaban J connectivity index is 2.37. The zero-order chi connectivity index (χ0) is 14.3. The van der Waals surface area contributed by atoms with Crippen molar-refractivity contribution < 1.29 is 9.53 Å². The van der Waals surface area contributed by atoms with Gasteiger partial charge in [0.2, 0.25) is 0 Å². The van der Waals surface area contributed by atoms with Crippen LogP contribution in [0.2, 0.25) is 0 Å². The zero-order valence-corrected chi connectivity index (χ0v) is 12.8. The van der Waals surface area contributed by atoms with Gasteiger partial charge in [-0.3, -0.25) is 4.79 Å². The summed E-state index contributed by atoms with van der Waals surface area (Å²) in [4.78, 5) is 15.3. The molecule has 0 spiro atoms. The summed E-state index contributed by atoms with van der Waals surface area (Å²) in [6.45, 7) is 7.22. The van der Waals surface area contributed by atoms with E-state index in [2.05, 4.69) is 41.9 Å². The number of ether oxygens (including phenoxy) is 1. The lowest BCUT2D eigenvalue weighted by Crippen LogP contribution is -2.35. The Kier molecular flexibility index (Phi) is 6.31. The smallest absolute Gasteiger partial charge is 0.306 e. The lowest BCUT2D eigenvalue weighted by atomic mass is 10.1. The van der Waals surface area contributed by atoms with Gasteiger partial charge in [0.05, 0.1) is 18.6 Å². The molecule has 19 heavy (non-hydrogen) atoms. The number of aromatic nitrogens is 1. The quantitative estimate of drug-likeness (QED) is 0.642. The second kappa shape index (κ2) is 7.50. The molecule has 0 aliphatic carbocycles. The lowest BCUT2D eigenvalue weighted by molar-refractivity contribution is -0.140. The van der Waals surface area contributed by atoms with E-state index in [0.29, 0.717) is 12.2 Å². The molecule has 5 heteroatoms. The van der Waals surface area contributed by atoms with Gasteiger partial charge in [-0.1, -0.05) is 6.07 Å². The van der Waals surface area contributed by atoms with Crippen LogP contribution in [0.25, 0.3) is 0 Å². The number of pyridine rings is 1.